The first kappa shape index (κ1) is 15.6. The molecule has 3 rings (SSSR count). The third-order valence-electron chi connectivity index (χ3n) is 3.78. The number of hydrogen-bond acceptors (Lipinski definition) is 5. The third kappa shape index (κ3) is 3.25. The van der Waals surface area contributed by atoms with Crippen molar-refractivity contribution in [3.63, 3.8) is 0 Å². The molecule has 0 amide bonds. The molecule has 6 heteroatoms. The highest BCUT2D eigenvalue weighted by atomic mass is 35.5. The fourth-order valence-corrected chi connectivity index (χ4v) is 2.75. The quantitative estimate of drug-likeness (QED) is 0.937. The molecule has 0 spiro atoms. The van der Waals surface area contributed by atoms with Crippen molar-refractivity contribution in [2.75, 3.05) is 6.61 Å². The Balaban J connectivity index is 2.02. The van der Waals surface area contributed by atoms with Gasteiger partial charge in [-0.3, -0.25) is 0 Å². The average Bonchev–Trinajstić information content (AvgIpc) is 2.62. The van der Waals surface area contributed by atoms with Crippen LogP contribution in [0.1, 0.15) is 24.1 Å². The highest BCUT2D eigenvalue weighted by molar-refractivity contribution is 6.30. The van der Waals surface area contributed by atoms with Gasteiger partial charge < -0.3 is 10.0 Å². The van der Waals surface area contributed by atoms with E-state index in [1.54, 1.807) is 18.6 Å². The molecule has 23 heavy (non-hydrogen) atoms. The minimum Gasteiger partial charge on any atom is -0.394 e. The number of hydrogen-bond donors (Lipinski definition) is 1. The second-order valence-electron chi connectivity index (χ2n) is 5.36. The van der Waals surface area contributed by atoms with E-state index in [0.717, 1.165) is 17.0 Å². The lowest BCUT2D eigenvalue weighted by Gasteiger charge is -2.38. The zero-order valence-corrected chi connectivity index (χ0v) is 13.4. The molecular formula is C17H17ClN4O. The van der Waals surface area contributed by atoms with Crippen molar-refractivity contribution in [1.29, 1.82) is 0 Å². The van der Waals surface area contributed by atoms with Gasteiger partial charge in [0.15, 0.2) is 0 Å². The minimum absolute atomic E-state index is 0.0185. The number of halogens is 1. The van der Waals surface area contributed by atoms with Crippen LogP contribution in [0.25, 0.3) is 0 Å². The lowest BCUT2D eigenvalue weighted by molar-refractivity contribution is 0.173. The summed E-state index contributed by atoms with van der Waals surface area (Å²) >= 11 is 5.99. The lowest BCUT2D eigenvalue weighted by atomic mass is 10.0. The predicted molar refractivity (Wildman–Crippen MR) is 90.3 cm³/mol. The van der Waals surface area contributed by atoms with Gasteiger partial charge in [0.05, 0.1) is 24.3 Å². The Bertz CT molecular complexity index is 715. The number of amidine groups is 1. The molecule has 5 nitrogen and oxygen atoms in total. The van der Waals surface area contributed by atoms with E-state index in [4.69, 9.17) is 11.6 Å². The second-order valence-corrected chi connectivity index (χ2v) is 5.79. The maximum absolute atomic E-state index is 9.69. The van der Waals surface area contributed by atoms with Crippen molar-refractivity contribution in [3.8, 4) is 0 Å². The summed E-state index contributed by atoms with van der Waals surface area (Å²) in [4.78, 5) is 14.7. The molecule has 1 aliphatic heterocycles. The molecule has 2 heterocycles. The lowest BCUT2D eigenvalue weighted by Crippen LogP contribution is -2.44. The van der Waals surface area contributed by atoms with Crippen LogP contribution in [0.5, 0.6) is 0 Å². The van der Waals surface area contributed by atoms with E-state index in [1.165, 1.54) is 6.33 Å². The Morgan fingerprint density at radius 3 is 2.57 bits per heavy atom. The number of rotatable bonds is 4. The number of aromatic nitrogens is 2. The van der Waals surface area contributed by atoms with Crippen LogP contribution in [0.4, 0.5) is 0 Å². The summed E-state index contributed by atoms with van der Waals surface area (Å²) in [5, 5.41) is 10.4. The van der Waals surface area contributed by atoms with Crippen LogP contribution in [0.2, 0.25) is 5.02 Å². The molecule has 1 aliphatic rings. The van der Waals surface area contributed by atoms with E-state index in [2.05, 4.69) is 19.9 Å². The molecular weight excluding hydrogens is 312 g/mol. The van der Waals surface area contributed by atoms with E-state index in [1.807, 2.05) is 37.3 Å². The van der Waals surface area contributed by atoms with Gasteiger partial charge in [0.25, 0.3) is 0 Å². The van der Waals surface area contributed by atoms with Crippen LogP contribution in [0.3, 0.4) is 0 Å². The Morgan fingerprint density at radius 2 is 1.91 bits per heavy atom. The van der Waals surface area contributed by atoms with Crippen molar-refractivity contribution in [3.05, 3.63) is 71.4 Å². The Kier molecular flexibility index (Phi) is 4.69. The molecule has 2 atom stereocenters. The van der Waals surface area contributed by atoms with Crippen LogP contribution in [0.15, 0.2) is 60.3 Å². The van der Waals surface area contributed by atoms with Crippen molar-refractivity contribution in [2.45, 2.75) is 19.0 Å². The van der Waals surface area contributed by atoms with Crippen LogP contribution in [-0.2, 0) is 0 Å². The normalized spacial score (nSPS) is 18.7. The number of aliphatic imine (C=N–C) groups is 1. The minimum atomic E-state index is -0.111. The number of benzene rings is 1. The molecule has 2 aromatic rings. The largest absolute Gasteiger partial charge is 0.394 e. The molecule has 118 valence electrons. The van der Waals surface area contributed by atoms with Gasteiger partial charge in [-0.05, 0) is 30.7 Å². The molecule has 1 N–H and O–H groups in total. The van der Waals surface area contributed by atoms with Crippen LogP contribution >= 0.6 is 11.6 Å². The summed E-state index contributed by atoms with van der Waals surface area (Å²) in [5.41, 5.74) is 1.89. The van der Waals surface area contributed by atoms with Gasteiger partial charge in [0.2, 0.25) is 0 Å². The summed E-state index contributed by atoms with van der Waals surface area (Å²) < 4.78 is 0. The fourth-order valence-electron chi connectivity index (χ4n) is 2.63. The van der Waals surface area contributed by atoms with Gasteiger partial charge in [0, 0.05) is 23.6 Å². The van der Waals surface area contributed by atoms with Crippen LogP contribution in [0, 0.1) is 0 Å². The monoisotopic (exact) mass is 328 g/mol. The predicted octanol–water partition coefficient (Wildman–Crippen LogP) is 2.83. The zero-order valence-electron chi connectivity index (χ0n) is 12.7. The molecule has 1 aromatic heterocycles. The molecule has 0 aliphatic carbocycles. The van der Waals surface area contributed by atoms with Gasteiger partial charge in [-0.2, -0.15) is 0 Å². The molecule has 0 saturated carbocycles. The SMILES string of the molecule is C[C@@H](CO)N1C(c2cncnc2)=NC=CC1c1ccc(Cl)cc1. The van der Waals surface area contributed by atoms with Crippen molar-refractivity contribution < 1.29 is 5.11 Å². The number of nitrogens with zero attached hydrogens (tertiary/aromatic N) is 4. The summed E-state index contributed by atoms with van der Waals surface area (Å²) in [6, 6.07) is 7.55. The highest BCUT2D eigenvalue weighted by Gasteiger charge is 2.29. The summed E-state index contributed by atoms with van der Waals surface area (Å²) in [6.07, 6.45) is 8.71. The maximum Gasteiger partial charge on any atom is 0.140 e. The van der Waals surface area contributed by atoms with Crippen molar-refractivity contribution >= 4 is 17.4 Å². The fraction of sp³-hybridized carbons (Fsp3) is 0.235. The highest BCUT2D eigenvalue weighted by Crippen LogP contribution is 2.30. The first-order chi connectivity index (χ1) is 11.2. The van der Waals surface area contributed by atoms with Crippen LogP contribution < -0.4 is 0 Å². The van der Waals surface area contributed by atoms with Crippen molar-refractivity contribution in [2.24, 2.45) is 4.99 Å². The topological polar surface area (TPSA) is 61.6 Å². The zero-order chi connectivity index (χ0) is 16.2. The van der Waals surface area contributed by atoms with Gasteiger partial charge in [-0.15, -0.1) is 0 Å². The third-order valence-corrected chi connectivity index (χ3v) is 4.03. The number of aliphatic hydroxyl groups is 1. The Morgan fingerprint density at radius 1 is 1.22 bits per heavy atom. The van der Waals surface area contributed by atoms with Gasteiger partial charge in [-0.1, -0.05) is 23.7 Å². The van der Waals surface area contributed by atoms with E-state index in [-0.39, 0.29) is 18.7 Å². The van der Waals surface area contributed by atoms with Gasteiger partial charge in [0.1, 0.15) is 12.2 Å². The Hall–Kier alpha value is -2.24. The standard InChI is InChI=1S/C17H17ClN4O/c1-12(10-23)22-16(13-2-4-15(18)5-3-13)6-7-21-17(22)14-8-19-11-20-9-14/h2-9,11-12,16,23H,10H2,1H3/t12-,16?/m0/s1. The molecule has 1 unspecified atom stereocenters. The molecule has 0 fully saturated rings. The second kappa shape index (κ2) is 6.89. The van der Waals surface area contributed by atoms with Crippen molar-refractivity contribution in [1.82, 2.24) is 14.9 Å². The first-order valence-electron chi connectivity index (χ1n) is 7.35. The smallest absolute Gasteiger partial charge is 0.140 e. The molecule has 0 saturated heterocycles. The van der Waals surface area contributed by atoms with E-state index in [9.17, 15) is 5.11 Å². The summed E-state index contributed by atoms with van der Waals surface area (Å²) in [7, 11) is 0. The average molecular weight is 329 g/mol. The summed E-state index contributed by atoms with van der Waals surface area (Å²) in [5.74, 6) is 0.745. The van der Waals surface area contributed by atoms with Gasteiger partial charge in [-0.25, -0.2) is 15.0 Å². The summed E-state index contributed by atoms with van der Waals surface area (Å²) in [6.45, 7) is 1.98. The molecule has 1 aromatic carbocycles. The van der Waals surface area contributed by atoms with E-state index < -0.39 is 0 Å². The molecule has 0 radical (unpaired) electrons. The number of aliphatic hydroxyl groups excluding tert-OH is 1. The van der Waals surface area contributed by atoms with Crippen LogP contribution in [-0.4, -0.2) is 38.5 Å². The molecule has 0 bridgehead atoms. The van der Waals surface area contributed by atoms with E-state index in [0.29, 0.717) is 5.02 Å². The first-order valence-corrected chi connectivity index (χ1v) is 7.73. The maximum atomic E-state index is 9.69. The van der Waals surface area contributed by atoms with Gasteiger partial charge >= 0.3 is 0 Å². The Labute approximate surface area is 140 Å². The van der Waals surface area contributed by atoms with E-state index >= 15 is 0 Å².